The molecule has 0 unspecified atom stereocenters. The summed E-state index contributed by atoms with van der Waals surface area (Å²) in [5, 5.41) is 0. The van der Waals surface area contributed by atoms with E-state index < -0.39 is 0 Å². The van der Waals surface area contributed by atoms with E-state index in [0.29, 0.717) is 13.0 Å². The molecule has 0 spiro atoms. The van der Waals surface area contributed by atoms with E-state index in [1.807, 2.05) is 17.0 Å². The number of fused-ring (bicyclic) bond motifs is 1. The summed E-state index contributed by atoms with van der Waals surface area (Å²) >= 11 is 3.44. The van der Waals surface area contributed by atoms with E-state index in [0.717, 1.165) is 29.5 Å². The van der Waals surface area contributed by atoms with Gasteiger partial charge in [-0.1, -0.05) is 22.0 Å². The Morgan fingerprint density at radius 2 is 2.31 bits per heavy atom. The van der Waals surface area contributed by atoms with Gasteiger partial charge in [-0.15, -0.1) is 0 Å². The first-order valence-corrected chi connectivity index (χ1v) is 6.30. The van der Waals surface area contributed by atoms with Crippen LogP contribution < -0.4 is 10.6 Å². The van der Waals surface area contributed by atoms with Gasteiger partial charge < -0.3 is 10.6 Å². The summed E-state index contributed by atoms with van der Waals surface area (Å²) in [6.45, 7) is 1.38. The van der Waals surface area contributed by atoms with Crippen molar-refractivity contribution in [1.82, 2.24) is 0 Å². The number of rotatable bonds is 3. The maximum atomic E-state index is 11.9. The van der Waals surface area contributed by atoms with E-state index in [4.69, 9.17) is 5.73 Å². The third-order valence-electron chi connectivity index (χ3n) is 2.84. The maximum absolute atomic E-state index is 11.9. The van der Waals surface area contributed by atoms with Crippen LogP contribution in [-0.4, -0.2) is 19.0 Å². The van der Waals surface area contributed by atoms with Crippen LogP contribution in [0.25, 0.3) is 0 Å². The molecule has 86 valence electrons. The van der Waals surface area contributed by atoms with Gasteiger partial charge in [0.05, 0.1) is 0 Å². The first kappa shape index (κ1) is 11.6. The van der Waals surface area contributed by atoms with Crippen LogP contribution in [0.15, 0.2) is 22.7 Å². The minimum atomic E-state index is 0.183. The molecule has 0 aliphatic carbocycles. The minimum Gasteiger partial charge on any atom is -0.330 e. The SMILES string of the molecule is NCCCC(=O)N1CCc2ccc(Br)cc21. The molecule has 1 heterocycles. The van der Waals surface area contributed by atoms with Crippen molar-refractivity contribution < 1.29 is 4.79 Å². The van der Waals surface area contributed by atoms with Gasteiger partial charge in [-0.25, -0.2) is 0 Å². The number of nitrogens with two attached hydrogens (primary N) is 1. The average Bonchev–Trinajstić information content (AvgIpc) is 2.68. The molecule has 16 heavy (non-hydrogen) atoms. The molecule has 1 aromatic rings. The molecule has 0 atom stereocenters. The number of halogens is 1. The highest BCUT2D eigenvalue weighted by Gasteiger charge is 2.23. The summed E-state index contributed by atoms with van der Waals surface area (Å²) in [6, 6.07) is 6.12. The number of carbonyl (C=O) groups excluding carboxylic acids is 1. The van der Waals surface area contributed by atoms with E-state index in [2.05, 4.69) is 22.0 Å². The van der Waals surface area contributed by atoms with Crippen LogP contribution in [0.4, 0.5) is 5.69 Å². The smallest absolute Gasteiger partial charge is 0.227 e. The second-order valence-electron chi connectivity index (χ2n) is 3.96. The summed E-state index contributed by atoms with van der Waals surface area (Å²) < 4.78 is 1.02. The van der Waals surface area contributed by atoms with Gasteiger partial charge in [0.2, 0.25) is 5.91 Å². The lowest BCUT2D eigenvalue weighted by Crippen LogP contribution is -2.29. The molecule has 2 N–H and O–H groups in total. The third kappa shape index (κ3) is 2.28. The topological polar surface area (TPSA) is 46.3 Å². The largest absolute Gasteiger partial charge is 0.330 e. The van der Waals surface area contributed by atoms with E-state index in [1.165, 1.54) is 5.56 Å². The van der Waals surface area contributed by atoms with Gasteiger partial charge >= 0.3 is 0 Å². The summed E-state index contributed by atoms with van der Waals surface area (Å²) in [7, 11) is 0. The van der Waals surface area contributed by atoms with Gasteiger partial charge in [-0.05, 0) is 37.1 Å². The van der Waals surface area contributed by atoms with Gasteiger partial charge in [-0.3, -0.25) is 4.79 Å². The van der Waals surface area contributed by atoms with Crippen molar-refractivity contribution in [3.63, 3.8) is 0 Å². The Balaban J connectivity index is 2.16. The predicted octanol–water partition coefficient (Wildman–Crippen LogP) is 2.08. The fourth-order valence-electron chi connectivity index (χ4n) is 2.00. The van der Waals surface area contributed by atoms with E-state index >= 15 is 0 Å². The zero-order valence-corrected chi connectivity index (χ0v) is 10.7. The van der Waals surface area contributed by atoms with Crippen LogP contribution in [0.5, 0.6) is 0 Å². The molecule has 1 amide bonds. The second kappa shape index (κ2) is 4.97. The Morgan fingerprint density at radius 3 is 3.06 bits per heavy atom. The van der Waals surface area contributed by atoms with Crippen LogP contribution in [0.1, 0.15) is 18.4 Å². The molecule has 1 aromatic carbocycles. The quantitative estimate of drug-likeness (QED) is 0.923. The molecule has 3 nitrogen and oxygen atoms in total. The zero-order valence-electron chi connectivity index (χ0n) is 9.08. The van der Waals surface area contributed by atoms with Gasteiger partial charge in [0.15, 0.2) is 0 Å². The lowest BCUT2D eigenvalue weighted by molar-refractivity contribution is -0.118. The average molecular weight is 283 g/mol. The standard InChI is InChI=1S/C12H15BrN2O/c13-10-4-3-9-5-7-15(11(9)8-10)12(16)2-1-6-14/h3-4,8H,1-2,5-7,14H2. The third-order valence-corrected chi connectivity index (χ3v) is 3.33. The predicted molar refractivity (Wildman–Crippen MR) is 68.5 cm³/mol. The van der Waals surface area contributed by atoms with Crippen molar-refractivity contribution in [2.45, 2.75) is 19.3 Å². The number of hydrogen-bond acceptors (Lipinski definition) is 2. The summed E-state index contributed by atoms with van der Waals surface area (Å²) in [5.74, 6) is 0.183. The second-order valence-corrected chi connectivity index (χ2v) is 4.88. The van der Waals surface area contributed by atoms with E-state index in [1.54, 1.807) is 0 Å². The van der Waals surface area contributed by atoms with Crippen LogP contribution >= 0.6 is 15.9 Å². The first-order valence-electron chi connectivity index (χ1n) is 5.51. The summed E-state index contributed by atoms with van der Waals surface area (Å²) in [5.41, 5.74) is 7.72. The van der Waals surface area contributed by atoms with Crippen LogP contribution in [0.3, 0.4) is 0 Å². The van der Waals surface area contributed by atoms with E-state index in [-0.39, 0.29) is 5.91 Å². The first-order chi connectivity index (χ1) is 7.72. The van der Waals surface area contributed by atoms with Crippen LogP contribution in [0.2, 0.25) is 0 Å². The summed E-state index contributed by atoms with van der Waals surface area (Å²) in [6.07, 6.45) is 2.26. The van der Waals surface area contributed by atoms with Crippen molar-refractivity contribution in [3.8, 4) is 0 Å². The highest BCUT2D eigenvalue weighted by Crippen LogP contribution is 2.31. The van der Waals surface area contributed by atoms with Crippen molar-refractivity contribution in [3.05, 3.63) is 28.2 Å². The lowest BCUT2D eigenvalue weighted by Gasteiger charge is -2.17. The molecular weight excluding hydrogens is 268 g/mol. The summed E-state index contributed by atoms with van der Waals surface area (Å²) in [4.78, 5) is 13.8. The van der Waals surface area contributed by atoms with Crippen molar-refractivity contribution in [1.29, 1.82) is 0 Å². The van der Waals surface area contributed by atoms with Crippen LogP contribution in [0, 0.1) is 0 Å². The Bertz CT molecular complexity index is 406. The maximum Gasteiger partial charge on any atom is 0.227 e. The minimum absolute atomic E-state index is 0.183. The molecule has 0 bridgehead atoms. The van der Waals surface area contributed by atoms with Gasteiger partial charge in [0.1, 0.15) is 0 Å². The van der Waals surface area contributed by atoms with E-state index in [9.17, 15) is 4.79 Å². The molecule has 0 fully saturated rings. The monoisotopic (exact) mass is 282 g/mol. The molecule has 1 aliphatic rings. The molecule has 0 saturated heterocycles. The molecule has 1 aliphatic heterocycles. The number of benzene rings is 1. The molecule has 0 radical (unpaired) electrons. The Labute approximate surface area is 104 Å². The highest BCUT2D eigenvalue weighted by atomic mass is 79.9. The lowest BCUT2D eigenvalue weighted by atomic mass is 10.2. The Kier molecular flexibility index (Phi) is 3.61. The molecule has 2 rings (SSSR count). The molecular formula is C12H15BrN2O. The number of anilines is 1. The normalized spacial score (nSPS) is 14.0. The zero-order chi connectivity index (χ0) is 11.5. The van der Waals surface area contributed by atoms with Gasteiger partial charge in [0.25, 0.3) is 0 Å². The van der Waals surface area contributed by atoms with Crippen molar-refractivity contribution in [2.24, 2.45) is 5.73 Å². The number of amides is 1. The fraction of sp³-hybridized carbons (Fsp3) is 0.417. The fourth-order valence-corrected chi connectivity index (χ4v) is 2.35. The highest BCUT2D eigenvalue weighted by molar-refractivity contribution is 9.10. The number of carbonyl (C=O) groups is 1. The van der Waals surface area contributed by atoms with Crippen molar-refractivity contribution in [2.75, 3.05) is 18.0 Å². The number of nitrogens with zero attached hydrogens (tertiary/aromatic N) is 1. The molecule has 4 heteroatoms. The Morgan fingerprint density at radius 1 is 1.50 bits per heavy atom. The van der Waals surface area contributed by atoms with Gasteiger partial charge in [0, 0.05) is 23.1 Å². The Hall–Kier alpha value is -0.870. The van der Waals surface area contributed by atoms with Gasteiger partial charge in [-0.2, -0.15) is 0 Å². The van der Waals surface area contributed by atoms with Crippen LogP contribution in [-0.2, 0) is 11.2 Å². The molecule has 0 aromatic heterocycles. The number of hydrogen-bond donors (Lipinski definition) is 1. The van der Waals surface area contributed by atoms with Crippen molar-refractivity contribution >= 4 is 27.5 Å². The molecule has 0 saturated carbocycles.